The second kappa shape index (κ2) is 5.65. The first-order valence-corrected chi connectivity index (χ1v) is 6.09. The lowest BCUT2D eigenvalue weighted by Crippen LogP contribution is -2.15. The molecule has 1 heterocycles. The van der Waals surface area contributed by atoms with Gasteiger partial charge in [0.2, 0.25) is 0 Å². The molecule has 0 radical (unpaired) electrons. The van der Waals surface area contributed by atoms with Crippen LogP contribution < -0.4 is 10.5 Å². The molecule has 1 atom stereocenters. The molecule has 2 aromatic rings. The van der Waals surface area contributed by atoms with Crippen molar-refractivity contribution < 1.29 is 4.74 Å². The molecule has 1 aromatic carbocycles. The van der Waals surface area contributed by atoms with E-state index in [4.69, 9.17) is 10.5 Å². The number of pyridine rings is 1. The number of para-hydroxylation sites is 1. The minimum Gasteiger partial charge on any atom is -0.491 e. The molecular formula is C15H18N2O. The number of nitrogens with zero attached hydrogens (tertiary/aromatic N) is 1. The fourth-order valence-corrected chi connectivity index (χ4v) is 1.85. The van der Waals surface area contributed by atoms with Gasteiger partial charge in [-0.1, -0.05) is 18.2 Å². The summed E-state index contributed by atoms with van der Waals surface area (Å²) >= 11 is 0. The molecule has 0 aliphatic rings. The molecule has 0 saturated carbocycles. The van der Waals surface area contributed by atoms with Crippen LogP contribution in [-0.2, 0) is 0 Å². The average Bonchev–Trinajstić information content (AvgIpc) is 2.39. The fraction of sp³-hybridized carbons (Fsp3) is 0.267. The maximum atomic E-state index is 6.29. The quantitative estimate of drug-likeness (QED) is 0.896. The first kappa shape index (κ1) is 12.6. The Bertz CT molecular complexity index is 497. The largest absolute Gasteiger partial charge is 0.491 e. The summed E-state index contributed by atoms with van der Waals surface area (Å²) in [5.74, 6) is 0.844. The van der Waals surface area contributed by atoms with Gasteiger partial charge in [-0.3, -0.25) is 4.98 Å². The SMILES string of the molecule is CC(C)Oc1ccccc1C(N)c1ccncc1. The molecule has 94 valence electrons. The summed E-state index contributed by atoms with van der Waals surface area (Å²) in [5.41, 5.74) is 8.31. The van der Waals surface area contributed by atoms with Crippen LogP contribution in [0, 0.1) is 0 Å². The van der Waals surface area contributed by atoms with Gasteiger partial charge in [-0.2, -0.15) is 0 Å². The van der Waals surface area contributed by atoms with Crippen LogP contribution in [-0.4, -0.2) is 11.1 Å². The van der Waals surface area contributed by atoms with Crippen molar-refractivity contribution in [1.82, 2.24) is 4.98 Å². The molecule has 0 aliphatic heterocycles. The van der Waals surface area contributed by atoms with Crippen LogP contribution in [0.2, 0.25) is 0 Å². The van der Waals surface area contributed by atoms with Crippen LogP contribution in [0.25, 0.3) is 0 Å². The van der Waals surface area contributed by atoms with E-state index in [1.807, 2.05) is 50.2 Å². The number of nitrogens with two attached hydrogens (primary N) is 1. The Kier molecular flexibility index (Phi) is 3.95. The predicted molar refractivity (Wildman–Crippen MR) is 72.5 cm³/mol. The second-order valence-electron chi connectivity index (χ2n) is 4.46. The molecule has 0 saturated heterocycles. The molecule has 1 aromatic heterocycles. The summed E-state index contributed by atoms with van der Waals surface area (Å²) in [7, 11) is 0. The first-order chi connectivity index (χ1) is 8.68. The van der Waals surface area contributed by atoms with Crippen LogP contribution in [0.4, 0.5) is 0 Å². The van der Waals surface area contributed by atoms with E-state index in [-0.39, 0.29) is 12.1 Å². The topological polar surface area (TPSA) is 48.1 Å². The number of rotatable bonds is 4. The lowest BCUT2D eigenvalue weighted by atomic mass is 10.00. The fourth-order valence-electron chi connectivity index (χ4n) is 1.85. The lowest BCUT2D eigenvalue weighted by molar-refractivity contribution is 0.239. The molecule has 2 N–H and O–H groups in total. The van der Waals surface area contributed by atoms with Gasteiger partial charge < -0.3 is 10.5 Å². The van der Waals surface area contributed by atoms with Gasteiger partial charge in [-0.15, -0.1) is 0 Å². The van der Waals surface area contributed by atoms with E-state index in [2.05, 4.69) is 4.98 Å². The van der Waals surface area contributed by atoms with Crippen LogP contribution in [0.3, 0.4) is 0 Å². The first-order valence-electron chi connectivity index (χ1n) is 6.09. The minimum absolute atomic E-state index is 0.135. The predicted octanol–water partition coefficient (Wildman–Crippen LogP) is 2.92. The Morgan fingerprint density at radius 2 is 1.72 bits per heavy atom. The molecule has 0 bridgehead atoms. The summed E-state index contributed by atoms with van der Waals surface area (Å²) in [6.45, 7) is 4.02. The van der Waals surface area contributed by atoms with Crippen molar-refractivity contribution in [1.29, 1.82) is 0 Å². The van der Waals surface area contributed by atoms with Crippen molar-refractivity contribution in [3.63, 3.8) is 0 Å². The summed E-state index contributed by atoms with van der Waals surface area (Å²) in [6.07, 6.45) is 3.64. The van der Waals surface area contributed by atoms with Crippen molar-refractivity contribution in [2.45, 2.75) is 26.0 Å². The monoisotopic (exact) mass is 242 g/mol. The lowest BCUT2D eigenvalue weighted by Gasteiger charge is -2.18. The normalized spacial score (nSPS) is 12.4. The van der Waals surface area contributed by atoms with E-state index in [1.165, 1.54) is 0 Å². The highest BCUT2D eigenvalue weighted by Gasteiger charge is 2.14. The van der Waals surface area contributed by atoms with Gasteiger partial charge in [-0.25, -0.2) is 0 Å². The van der Waals surface area contributed by atoms with E-state index in [1.54, 1.807) is 12.4 Å². The summed E-state index contributed by atoms with van der Waals surface area (Å²) in [5, 5.41) is 0. The number of hydrogen-bond acceptors (Lipinski definition) is 3. The number of hydrogen-bond donors (Lipinski definition) is 1. The number of benzene rings is 1. The molecule has 1 unspecified atom stereocenters. The second-order valence-corrected chi connectivity index (χ2v) is 4.46. The van der Waals surface area contributed by atoms with Gasteiger partial charge in [0.15, 0.2) is 0 Å². The smallest absolute Gasteiger partial charge is 0.124 e. The molecule has 0 fully saturated rings. The van der Waals surface area contributed by atoms with Crippen molar-refractivity contribution in [3.8, 4) is 5.75 Å². The summed E-state index contributed by atoms with van der Waals surface area (Å²) in [4.78, 5) is 4.01. The van der Waals surface area contributed by atoms with Gasteiger partial charge >= 0.3 is 0 Å². The standard InChI is InChI=1S/C15H18N2O/c1-11(2)18-14-6-4-3-5-13(14)15(16)12-7-9-17-10-8-12/h3-11,15H,16H2,1-2H3. The van der Waals surface area contributed by atoms with E-state index in [0.717, 1.165) is 16.9 Å². The number of aromatic nitrogens is 1. The molecule has 0 aliphatic carbocycles. The maximum absolute atomic E-state index is 6.29. The number of ether oxygens (including phenoxy) is 1. The van der Waals surface area contributed by atoms with Gasteiger partial charge in [0.1, 0.15) is 5.75 Å². The Labute approximate surface area is 108 Å². The minimum atomic E-state index is -0.192. The van der Waals surface area contributed by atoms with Gasteiger partial charge in [0, 0.05) is 18.0 Å². The van der Waals surface area contributed by atoms with Gasteiger partial charge in [0.25, 0.3) is 0 Å². The zero-order valence-electron chi connectivity index (χ0n) is 10.7. The van der Waals surface area contributed by atoms with E-state index in [0.29, 0.717) is 0 Å². The van der Waals surface area contributed by atoms with Crippen LogP contribution in [0.1, 0.15) is 31.0 Å². The summed E-state index contributed by atoms with van der Waals surface area (Å²) in [6, 6.07) is 11.6. The van der Waals surface area contributed by atoms with Crippen molar-refractivity contribution in [3.05, 3.63) is 59.9 Å². The molecule has 18 heavy (non-hydrogen) atoms. The van der Waals surface area contributed by atoms with E-state index in [9.17, 15) is 0 Å². The summed E-state index contributed by atoms with van der Waals surface area (Å²) < 4.78 is 5.79. The van der Waals surface area contributed by atoms with Crippen molar-refractivity contribution >= 4 is 0 Å². The zero-order chi connectivity index (χ0) is 13.0. The van der Waals surface area contributed by atoms with Crippen LogP contribution in [0.5, 0.6) is 5.75 Å². The van der Waals surface area contributed by atoms with Crippen LogP contribution >= 0.6 is 0 Å². The third-order valence-electron chi connectivity index (χ3n) is 2.68. The Balaban J connectivity index is 2.33. The molecule has 0 amide bonds. The third-order valence-corrected chi connectivity index (χ3v) is 2.68. The molecular weight excluding hydrogens is 224 g/mol. The Morgan fingerprint density at radius 3 is 2.39 bits per heavy atom. The van der Waals surface area contributed by atoms with Crippen molar-refractivity contribution in [2.24, 2.45) is 5.73 Å². The third kappa shape index (κ3) is 2.87. The molecule has 0 spiro atoms. The highest BCUT2D eigenvalue weighted by atomic mass is 16.5. The molecule has 2 rings (SSSR count). The van der Waals surface area contributed by atoms with Gasteiger partial charge in [0.05, 0.1) is 12.1 Å². The highest BCUT2D eigenvalue weighted by molar-refractivity contribution is 5.40. The average molecular weight is 242 g/mol. The Hall–Kier alpha value is -1.87. The van der Waals surface area contributed by atoms with Crippen LogP contribution in [0.15, 0.2) is 48.8 Å². The van der Waals surface area contributed by atoms with E-state index < -0.39 is 0 Å². The molecule has 3 nitrogen and oxygen atoms in total. The van der Waals surface area contributed by atoms with Gasteiger partial charge in [-0.05, 0) is 37.6 Å². The molecule has 3 heteroatoms. The highest BCUT2D eigenvalue weighted by Crippen LogP contribution is 2.28. The van der Waals surface area contributed by atoms with E-state index >= 15 is 0 Å². The zero-order valence-corrected chi connectivity index (χ0v) is 10.7. The maximum Gasteiger partial charge on any atom is 0.124 e. The Morgan fingerprint density at radius 1 is 1.06 bits per heavy atom. The van der Waals surface area contributed by atoms with Crippen molar-refractivity contribution in [2.75, 3.05) is 0 Å².